The van der Waals surface area contributed by atoms with Crippen LogP contribution in [0.25, 0.3) is 16.9 Å². The van der Waals surface area contributed by atoms with Gasteiger partial charge < -0.3 is 9.72 Å². The third kappa shape index (κ3) is 2.72. The van der Waals surface area contributed by atoms with Gasteiger partial charge in [0, 0.05) is 23.4 Å². The molecule has 0 spiro atoms. The molecule has 4 heteroatoms. The normalized spacial score (nSPS) is 11.6. The molecule has 1 amide bonds. The number of imidazole rings is 1. The van der Waals surface area contributed by atoms with E-state index >= 15 is 0 Å². The van der Waals surface area contributed by atoms with Gasteiger partial charge in [-0.25, -0.2) is 4.98 Å². The van der Waals surface area contributed by atoms with Gasteiger partial charge in [-0.2, -0.15) is 0 Å². The van der Waals surface area contributed by atoms with E-state index in [4.69, 9.17) is 0 Å². The Morgan fingerprint density at radius 1 is 1.09 bits per heavy atom. The maximum Gasteiger partial charge on any atom is 0.229 e. The summed E-state index contributed by atoms with van der Waals surface area (Å²) in [6.07, 6.45) is 3.93. The molecule has 3 rings (SSSR count). The Balaban J connectivity index is 2.02. The van der Waals surface area contributed by atoms with Gasteiger partial charge >= 0.3 is 0 Å². The molecule has 0 bridgehead atoms. The highest BCUT2D eigenvalue weighted by atomic mass is 16.2. The Morgan fingerprint density at radius 2 is 1.82 bits per heavy atom. The summed E-state index contributed by atoms with van der Waals surface area (Å²) < 4.78 is 1.97. The van der Waals surface area contributed by atoms with Gasteiger partial charge in [-0.1, -0.05) is 45.0 Å². The summed E-state index contributed by atoms with van der Waals surface area (Å²) in [5, 5.41) is 3.01. The summed E-state index contributed by atoms with van der Waals surface area (Å²) in [4.78, 5) is 16.9. The maximum absolute atomic E-state index is 12.3. The molecule has 112 valence electrons. The number of hydrogen-bond donors (Lipinski definition) is 1. The number of anilines is 1. The Hall–Kier alpha value is -2.62. The fraction of sp³-hybridized carbons (Fsp3) is 0.222. The van der Waals surface area contributed by atoms with E-state index in [0.717, 1.165) is 22.6 Å². The molecule has 0 fully saturated rings. The zero-order valence-corrected chi connectivity index (χ0v) is 13.0. The zero-order valence-electron chi connectivity index (χ0n) is 13.0. The summed E-state index contributed by atoms with van der Waals surface area (Å²) in [6.45, 7) is 5.70. The van der Waals surface area contributed by atoms with Crippen molar-refractivity contribution in [3.8, 4) is 11.3 Å². The number of rotatable bonds is 2. The number of para-hydroxylation sites is 1. The second-order valence-corrected chi connectivity index (χ2v) is 6.34. The van der Waals surface area contributed by atoms with Gasteiger partial charge in [-0.15, -0.1) is 0 Å². The van der Waals surface area contributed by atoms with E-state index in [2.05, 4.69) is 10.3 Å². The summed E-state index contributed by atoms with van der Waals surface area (Å²) in [7, 11) is 0. The number of nitrogens with zero attached hydrogens (tertiary/aromatic N) is 2. The second kappa shape index (κ2) is 5.30. The summed E-state index contributed by atoms with van der Waals surface area (Å²) in [5.74, 6) is -0.0104. The predicted molar refractivity (Wildman–Crippen MR) is 88.7 cm³/mol. The zero-order chi connectivity index (χ0) is 15.7. The molecule has 0 radical (unpaired) electrons. The fourth-order valence-electron chi connectivity index (χ4n) is 2.19. The van der Waals surface area contributed by atoms with Crippen LogP contribution in [0.15, 0.2) is 54.9 Å². The Bertz CT molecular complexity index is 794. The number of fused-ring (bicyclic) bond motifs is 1. The molecule has 22 heavy (non-hydrogen) atoms. The predicted octanol–water partition coefficient (Wildman–Crippen LogP) is 3.99. The largest absolute Gasteiger partial charge is 0.325 e. The third-order valence-electron chi connectivity index (χ3n) is 3.50. The highest BCUT2D eigenvalue weighted by Crippen LogP contribution is 2.28. The van der Waals surface area contributed by atoms with Crippen molar-refractivity contribution < 1.29 is 4.79 Å². The first-order chi connectivity index (χ1) is 10.4. The lowest BCUT2D eigenvalue weighted by Crippen LogP contribution is -2.27. The van der Waals surface area contributed by atoms with Crippen LogP contribution in [0.4, 0.5) is 5.69 Å². The molecule has 4 nitrogen and oxygen atoms in total. The smallest absolute Gasteiger partial charge is 0.229 e. The summed E-state index contributed by atoms with van der Waals surface area (Å²) >= 11 is 0. The van der Waals surface area contributed by atoms with Gasteiger partial charge in [0.2, 0.25) is 5.91 Å². The number of nitrogens with one attached hydrogen (secondary N) is 1. The van der Waals surface area contributed by atoms with Crippen molar-refractivity contribution in [1.29, 1.82) is 0 Å². The molecule has 0 aliphatic heterocycles. The van der Waals surface area contributed by atoms with Crippen molar-refractivity contribution in [3.63, 3.8) is 0 Å². The number of carbonyl (C=O) groups excluding carboxylic acids is 1. The standard InChI is InChI=1S/C18H19N3O/c1-18(2,3)17(22)20-14-9-5-4-8-13(14)15-12-21-11-7-6-10-16(21)19-15/h4-12H,1-3H3,(H,20,22). The van der Waals surface area contributed by atoms with Gasteiger partial charge in [0.05, 0.1) is 11.4 Å². The van der Waals surface area contributed by atoms with Gasteiger partial charge in [-0.05, 0) is 18.2 Å². The highest BCUT2D eigenvalue weighted by molar-refractivity contribution is 5.98. The minimum absolute atomic E-state index is 0.0104. The highest BCUT2D eigenvalue weighted by Gasteiger charge is 2.22. The van der Waals surface area contributed by atoms with Gasteiger partial charge in [0.1, 0.15) is 5.65 Å². The van der Waals surface area contributed by atoms with Crippen molar-refractivity contribution in [2.75, 3.05) is 5.32 Å². The Labute approximate surface area is 129 Å². The van der Waals surface area contributed by atoms with E-state index in [-0.39, 0.29) is 5.91 Å². The van der Waals surface area contributed by atoms with Crippen molar-refractivity contribution in [1.82, 2.24) is 9.38 Å². The lowest BCUT2D eigenvalue weighted by molar-refractivity contribution is -0.123. The van der Waals surface area contributed by atoms with E-state index < -0.39 is 5.41 Å². The van der Waals surface area contributed by atoms with Gasteiger partial charge in [0.15, 0.2) is 0 Å². The molecule has 2 heterocycles. The van der Waals surface area contributed by atoms with Crippen LogP contribution in [0.3, 0.4) is 0 Å². The first-order valence-corrected chi connectivity index (χ1v) is 7.30. The quantitative estimate of drug-likeness (QED) is 0.776. The lowest BCUT2D eigenvalue weighted by Gasteiger charge is -2.19. The lowest BCUT2D eigenvalue weighted by atomic mass is 9.95. The van der Waals surface area contributed by atoms with E-state index in [0.29, 0.717) is 0 Å². The number of hydrogen-bond acceptors (Lipinski definition) is 2. The van der Waals surface area contributed by atoms with E-state index in [9.17, 15) is 4.79 Å². The molecule has 1 aromatic carbocycles. The second-order valence-electron chi connectivity index (χ2n) is 6.34. The molecule has 0 atom stereocenters. The van der Waals surface area contributed by atoms with Crippen LogP contribution in [0.2, 0.25) is 0 Å². The molecular weight excluding hydrogens is 274 g/mol. The minimum Gasteiger partial charge on any atom is -0.325 e. The van der Waals surface area contributed by atoms with Crippen LogP contribution < -0.4 is 5.32 Å². The minimum atomic E-state index is -0.438. The van der Waals surface area contributed by atoms with Crippen LogP contribution in [0, 0.1) is 5.41 Å². The fourth-order valence-corrected chi connectivity index (χ4v) is 2.19. The van der Waals surface area contributed by atoms with Gasteiger partial charge in [-0.3, -0.25) is 4.79 Å². The molecule has 0 aliphatic rings. The average Bonchev–Trinajstić information content (AvgIpc) is 2.90. The topological polar surface area (TPSA) is 46.4 Å². The molecule has 0 unspecified atom stereocenters. The number of carbonyl (C=O) groups is 1. The Morgan fingerprint density at radius 3 is 2.55 bits per heavy atom. The average molecular weight is 293 g/mol. The van der Waals surface area contributed by atoms with E-state index in [1.165, 1.54) is 0 Å². The molecule has 1 N–H and O–H groups in total. The van der Waals surface area contributed by atoms with Crippen molar-refractivity contribution in [2.24, 2.45) is 5.41 Å². The number of aromatic nitrogens is 2. The van der Waals surface area contributed by atoms with Crippen LogP contribution in [-0.2, 0) is 4.79 Å². The first kappa shape index (κ1) is 14.3. The monoisotopic (exact) mass is 293 g/mol. The Kier molecular flexibility index (Phi) is 3.45. The van der Waals surface area contributed by atoms with Crippen molar-refractivity contribution in [3.05, 3.63) is 54.9 Å². The summed E-state index contributed by atoms with van der Waals surface area (Å²) in [5.41, 5.74) is 2.99. The molecular formula is C18H19N3O. The maximum atomic E-state index is 12.3. The van der Waals surface area contributed by atoms with Crippen molar-refractivity contribution >= 4 is 17.2 Å². The van der Waals surface area contributed by atoms with Crippen LogP contribution in [0.5, 0.6) is 0 Å². The van der Waals surface area contributed by atoms with E-state index in [1.807, 2.05) is 80.0 Å². The SMILES string of the molecule is CC(C)(C)C(=O)Nc1ccccc1-c1cn2ccccc2n1. The molecule has 0 saturated carbocycles. The first-order valence-electron chi connectivity index (χ1n) is 7.30. The molecule has 2 aromatic heterocycles. The number of amides is 1. The van der Waals surface area contributed by atoms with Crippen LogP contribution in [0.1, 0.15) is 20.8 Å². The van der Waals surface area contributed by atoms with Gasteiger partial charge in [0.25, 0.3) is 0 Å². The number of benzene rings is 1. The van der Waals surface area contributed by atoms with Crippen LogP contribution in [-0.4, -0.2) is 15.3 Å². The third-order valence-corrected chi connectivity index (χ3v) is 3.50. The molecule has 3 aromatic rings. The number of pyridine rings is 1. The summed E-state index contributed by atoms with van der Waals surface area (Å²) in [6, 6.07) is 13.6. The van der Waals surface area contributed by atoms with E-state index in [1.54, 1.807) is 0 Å². The van der Waals surface area contributed by atoms with Crippen LogP contribution >= 0.6 is 0 Å². The molecule has 0 aliphatic carbocycles. The molecule has 0 saturated heterocycles. The van der Waals surface area contributed by atoms with Crippen molar-refractivity contribution in [2.45, 2.75) is 20.8 Å².